The number of methoxy groups -OCH3 is 1. The third-order valence-electron chi connectivity index (χ3n) is 2.20. The van der Waals surface area contributed by atoms with E-state index in [1.807, 2.05) is 0 Å². The number of hydrogen-bond donors (Lipinski definition) is 0. The predicted molar refractivity (Wildman–Crippen MR) is 67.9 cm³/mol. The van der Waals surface area contributed by atoms with Crippen LogP contribution in [-0.4, -0.2) is 19.0 Å². The molecule has 4 nitrogen and oxygen atoms in total. The third-order valence-corrected chi connectivity index (χ3v) is 2.20. The van der Waals surface area contributed by atoms with Crippen LogP contribution in [0.3, 0.4) is 0 Å². The Morgan fingerprint density at radius 3 is 2.28 bits per heavy atom. The van der Waals surface area contributed by atoms with E-state index < -0.39 is 11.9 Å². The third kappa shape index (κ3) is 3.07. The van der Waals surface area contributed by atoms with Gasteiger partial charge in [-0.2, -0.15) is 0 Å². The van der Waals surface area contributed by atoms with Crippen molar-refractivity contribution in [3.8, 4) is 5.75 Å². The number of rotatable bonds is 4. The molecule has 1 rings (SSSR count). The number of carbonyl (C=O) groups is 2. The Morgan fingerprint density at radius 2 is 1.72 bits per heavy atom. The molecule has 0 aliphatic rings. The van der Waals surface area contributed by atoms with Crippen molar-refractivity contribution in [1.82, 2.24) is 0 Å². The van der Waals surface area contributed by atoms with E-state index >= 15 is 0 Å². The van der Waals surface area contributed by atoms with Crippen molar-refractivity contribution in [3.63, 3.8) is 0 Å². The SMILES string of the molecule is C=C(C)C(=O)Oc1ccccc1C(=C)C(=O)OC. The molecule has 1 aromatic carbocycles. The average molecular weight is 246 g/mol. The molecule has 0 aromatic heterocycles. The van der Waals surface area contributed by atoms with Crippen LogP contribution in [0.5, 0.6) is 5.75 Å². The molecule has 1 aromatic rings. The summed E-state index contributed by atoms with van der Waals surface area (Å²) in [5.41, 5.74) is 0.815. The van der Waals surface area contributed by atoms with Crippen molar-refractivity contribution >= 4 is 17.5 Å². The number of ether oxygens (including phenoxy) is 2. The van der Waals surface area contributed by atoms with Crippen LogP contribution in [0.25, 0.3) is 5.57 Å². The highest BCUT2D eigenvalue weighted by atomic mass is 16.5. The molecular weight excluding hydrogens is 232 g/mol. The van der Waals surface area contributed by atoms with E-state index in [-0.39, 0.29) is 16.9 Å². The molecule has 18 heavy (non-hydrogen) atoms. The van der Waals surface area contributed by atoms with Crippen molar-refractivity contribution in [2.75, 3.05) is 7.11 Å². The first-order valence-electron chi connectivity index (χ1n) is 5.21. The van der Waals surface area contributed by atoms with Gasteiger partial charge in [0.1, 0.15) is 5.75 Å². The average Bonchev–Trinajstić information content (AvgIpc) is 2.37. The highest BCUT2D eigenvalue weighted by molar-refractivity contribution is 6.16. The quantitative estimate of drug-likeness (QED) is 0.465. The zero-order valence-electron chi connectivity index (χ0n) is 10.4. The smallest absolute Gasteiger partial charge is 0.338 e. The van der Waals surface area contributed by atoms with E-state index in [1.54, 1.807) is 31.2 Å². The normalized spacial score (nSPS) is 9.44. The van der Waals surface area contributed by atoms with Crippen LogP contribution in [0.1, 0.15) is 12.5 Å². The summed E-state index contributed by atoms with van der Waals surface area (Å²) < 4.78 is 9.69. The lowest BCUT2D eigenvalue weighted by Crippen LogP contribution is -2.11. The van der Waals surface area contributed by atoms with Crippen molar-refractivity contribution in [1.29, 1.82) is 0 Å². The Kier molecular flexibility index (Phi) is 4.43. The molecule has 94 valence electrons. The second-order valence-electron chi connectivity index (χ2n) is 3.64. The monoisotopic (exact) mass is 246 g/mol. The molecule has 0 spiro atoms. The van der Waals surface area contributed by atoms with Gasteiger partial charge in [-0.1, -0.05) is 31.4 Å². The fourth-order valence-electron chi connectivity index (χ4n) is 1.23. The van der Waals surface area contributed by atoms with Gasteiger partial charge in [-0.05, 0) is 13.0 Å². The van der Waals surface area contributed by atoms with Gasteiger partial charge in [-0.25, -0.2) is 9.59 Å². The number of benzene rings is 1. The number of esters is 2. The molecule has 0 atom stereocenters. The maximum Gasteiger partial charge on any atom is 0.338 e. The standard InChI is InChI=1S/C14H14O4/c1-9(2)13(15)18-12-8-6-5-7-11(12)10(3)14(16)17-4/h5-8H,1,3H2,2,4H3. The highest BCUT2D eigenvalue weighted by Crippen LogP contribution is 2.26. The van der Waals surface area contributed by atoms with Gasteiger partial charge in [0.15, 0.2) is 0 Å². The van der Waals surface area contributed by atoms with Gasteiger partial charge in [0.05, 0.1) is 12.7 Å². The van der Waals surface area contributed by atoms with Crippen LogP contribution in [0.4, 0.5) is 0 Å². The summed E-state index contributed by atoms with van der Waals surface area (Å²) in [6.45, 7) is 8.65. The van der Waals surface area contributed by atoms with Crippen LogP contribution >= 0.6 is 0 Å². The van der Waals surface area contributed by atoms with Crippen LogP contribution in [0, 0.1) is 0 Å². The lowest BCUT2D eigenvalue weighted by atomic mass is 10.1. The summed E-state index contributed by atoms with van der Waals surface area (Å²) in [7, 11) is 1.26. The second-order valence-corrected chi connectivity index (χ2v) is 3.64. The van der Waals surface area contributed by atoms with E-state index in [4.69, 9.17) is 4.74 Å². The zero-order valence-corrected chi connectivity index (χ0v) is 10.4. The Bertz CT molecular complexity index is 514. The van der Waals surface area contributed by atoms with E-state index in [2.05, 4.69) is 17.9 Å². The zero-order chi connectivity index (χ0) is 13.7. The Hall–Kier alpha value is -2.36. The fraction of sp³-hybridized carbons (Fsp3) is 0.143. The Morgan fingerprint density at radius 1 is 1.11 bits per heavy atom. The summed E-state index contributed by atoms with van der Waals surface area (Å²) in [6, 6.07) is 6.60. The minimum absolute atomic E-state index is 0.127. The van der Waals surface area contributed by atoms with Gasteiger partial charge < -0.3 is 9.47 Å². The molecule has 0 aliphatic heterocycles. The first-order valence-corrected chi connectivity index (χ1v) is 5.21. The number of carbonyl (C=O) groups excluding carboxylic acids is 2. The Balaban J connectivity index is 3.07. The van der Waals surface area contributed by atoms with Crippen molar-refractivity contribution in [2.45, 2.75) is 6.92 Å². The van der Waals surface area contributed by atoms with E-state index in [0.29, 0.717) is 5.56 Å². The topological polar surface area (TPSA) is 52.6 Å². The van der Waals surface area contributed by atoms with Gasteiger partial charge in [0.2, 0.25) is 0 Å². The minimum atomic E-state index is -0.575. The minimum Gasteiger partial charge on any atom is -0.465 e. The van der Waals surface area contributed by atoms with Crippen molar-refractivity contribution in [3.05, 3.63) is 48.6 Å². The van der Waals surface area contributed by atoms with Gasteiger partial charge in [-0.15, -0.1) is 0 Å². The molecule has 4 heteroatoms. The van der Waals surface area contributed by atoms with E-state index in [0.717, 1.165) is 0 Å². The second kappa shape index (κ2) is 5.82. The molecular formula is C14H14O4. The molecule has 0 saturated heterocycles. The first-order chi connectivity index (χ1) is 8.47. The molecule has 0 aliphatic carbocycles. The maximum atomic E-state index is 11.5. The lowest BCUT2D eigenvalue weighted by Gasteiger charge is -2.10. The summed E-state index contributed by atoms with van der Waals surface area (Å²) in [5, 5.41) is 0. The number of hydrogen-bond acceptors (Lipinski definition) is 4. The van der Waals surface area contributed by atoms with Gasteiger partial charge in [-0.3, -0.25) is 0 Å². The number of para-hydroxylation sites is 1. The largest absolute Gasteiger partial charge is 0.465 e. The first kappa shape index (κ1) is 13.7. The molecule has 0 unspecified atom stereocenters. The lowest BCUT2D eigenvalue weighted by molar-refractivity contribution is -0.134. The van der Waals surface area contributed by atoms with Crippen LogP contribution in [-0.2, 0) is 14.3 Å². The maximum absolute atomic E-state index is 11.5. The highest BCUT2D eigenvalue weighted by Gasteiger charge is 2.16. The summed E-state index contributed by atoms with van der Waals surface area (Å²) >= 11 is 0. The van der Waals surface area contributed by atoms with Gasteiger partial charge in [0.25, 0.3) is 0 Å². The molecule has 0 saturated carbocycles. The van der Waals surface area contributed by atoms with E-state index in [1.165, 1.54) is 7.11 Å². The van der Waals surface area contributed by atoms with Crippen LogP contribution in [0.2, 0.25) is 0 Å². The van der Waals surface area contributed by atoms with Crippen molar-refractivity contribution < 1.29 is 19.1 Å². The molecule has 0 N–H and O–H groups in total. The van der Waals surface area contributed by atoms with Crippen LogP contribution in [0.15, 0.2) is 43.0 Å². The fourth-order valence-corrected chi connectivity index (χ4v) is 1.23. The van der Waals surface area contributed by atoms with Crippen LogP contribution < -0.4 is 4.74 Å². The van der Waals surface area contributed by atoms with Gasteiger partial charge in [0, 0.05) is 11.1 Å². The molecule has 0 radical (unpaired) electrons. The Labute approximate surface area is 106 Å². The summed E-state index contributed by atoms with van der Waals surface area (Å²) in [5.74, 6) is -0.880. The molecule has 0 fully saturated rings. The van der Waals surface area contributed by atoms with Crippen molar-refractivity contribution in [2.24, 2.45) is 0 Å². The molecule has 0 heterocycles. The van der Waals surface area contributed by atoms with Gasteiger partial charge >= 0.3 is 11.9 Å². The molecule has 0 amide bonds. The summed E-state index contributed by atoms with van der Waals surface area (Å²) in [4.78, 5) is 22.9. The van der Waals surface area contributed by atoms with E-state index in [9.17, 15) is 9.59 Å². The molecule has 0 bridgehead atoms. The summed E-state index contributed by atoms with van der Waals surface area (Å²) in [6.07, 6.45) is 0. The predicted octanol–water partition coefficient (Wildman–Crippen LogP) is 2.35.